The Balaban J connectivity index is 2.05. The summed E-state index contributed by atoms with van der Waals surface area (Å²) in [5.41, 5.74) is 0.154. The van der Waals surface area contributed by atoms with E-state index in [0.29, 0.717) is 21.8 Å². The van der Waals surface area contributed by atoms with Gasteiger partial charge in [0, 0.05) is 17.9 Å². The van der Waals surface area contributed by atoms with Crippen LogP contribution in [0.3, 0.4) is 0 Å². The quantitative estimate of drug-likeness (QED) is 0.803. The summed E-state index contributed by atoms with van der Waals surface area (Å²) >= 11 is 12.2. The molecule has 1 aliphatic rings. The summed E-state index contributed by atoms with van der Waals surface area (Å²) in [5.74, 6) is 0.692. The second-order valence-electron chi connectivity index (χ2n) is 5.76. The van der Waals surface area contributed by atoms with Crippen LogP contribution in [0, 0.1) is 5.41 Å². The molecule has 2 rings (SSSR count). The summed E-state index contributed by atoms with van der Waals surface area (Å²) in [5, 5.41) is 4.67. The second kappa shape index (κ2) is 6.55. The molecule has 4 heteroatoms. The molecule has 0 radical (unpaired) electrons. The van der Waals surface area contributed by atoms with Gasteiger partial charge in [0.1, 0.15) is 16.9 Å². The maximum atomic E-state index is 6.20. The molecule has 0 spiro atoms. The lowest BCUT2D eigenvalue weighted by atomic mass is 9.61. The molecular formula is C16H23Cl2NO. The Bertz CT molecular complexity index is 466. The Morgan fingerprint density at radius 3 is 2.75 bits per heavy atom. The smallest absolute Gasteiger partial charge is 0.139 e. The number of benzene rings is 1. The molecule has 1 aromatic rings. The van der Waals surface area contributed by atoms with E-state index in [4.69, 9.17) is 27.9 Å². The lowest BCUT2D eigenvalue weighted by Crippen LogP contribution is -2.63. The van der Waals surface area contributed by atoms with Gasteiger partial charge < -0.3 is 10.1 Å². The van der Waals surface area contributed by atoms with Gasteiger partial charge >= 0.3 is 0 Å². The molecule has 112 valence electrons. The fourth-order valence-electron chi connectivity index (χ4n) is 2.84. The lowest BCUT2D eigenvalue weighted by Gasteiger charge is -2.53. The Hall–Kier alpha value is -0.440. The van der Waals surface area contributed by atoms with E-state index in [2.05, 4.69) is 26.1 Å². The van der Waals surface area contributed by atoms with Crippen LogP contribution in [0.5, 0.6) is 5.75 Å². The minimum absolute atomic E-state index is 0.154. The first-order chi connectivity index (χ1) is 9.52. The van der Waals surface area contributed by atoms with E-state index in [0.717, 1.165) is 25.8 Å². The van der Waals surface area contributed by atoms with Crippen molar-refractivity contribution in [1.29, 1.82) is 0 Å². The lowest BCUT2D eigenvalue weighted by molar-refractivity contribution is -0.0700. The van der Waals surface area contributed by atoms with Crippen molar-refractivity contribution in [3.8, 4) is 5.75 Å². The predicted molar refractivity (Wildman–Crippen MR) is 86.0 cm³/mol. The van der Waals surface area contributed by atoms with Crippen LogP contribution in [-0.2, 0) is 0 Å². The van der Waals surface area contributed by atoms with E-state index in [1.165, 1.54) is 0 Å². The van der Waals surface area contributed by atoms with Gasteiger partial charge in [-0.3, -0.25) is 0 Å². The van der Waals surface area contributed by atoms with Crippen molar-refractivity contribution in [2.45, 2.75) is 52.2 Å². The van der Waals surface area contributed by atoms with Crippen molar-refractivity contribution in [1.82, 2.24) is 5.32 Å². The summed E-state index contributed by atoms with van der Waals surface area (Å²) in [6.07, 6.45) is 3.45. The van der Waals surface area contributed by atoms with Crippen molar-refractivity contribution < 1.29 is 4.74 Å². The number of halogens is 2. The highest BCUT2D eigenvalue weighted by molar-refractivity contribution is 6.42. The summed E-state index contributed by atoms with van der Waals surface area (Å²) < 4.78 is 6.12. The van der Waals surface area contributed by atoms with Gasteiger partial charge in [-0.05, 0) is 31.5 Å². The van der Waals surface area contributed by atoms with Crippen LogP contribution >= 0.6 is 23.2 Å². The van der Waals surface area contributed by atoms with Crippen molar-refractivity contribution in [3.05, 3.63) is 28.2 Å². The zero-order valence-electron chi connectivity index (χ0n) is 12.4. The van der Waals surface area contributed by atoms with E-state index in [9.17, 15) is 0 Å². The Morgan fingerprint density at radius 1 is 1.35 bits per heavy atom. The van der Waals surface area contributed by atoms with E-state index >= 15 is 0 Å². The van der Waals surface area contributed by atoms with Crippen molar-refractivity contribution >= 4 is 23.2 Å². The van der Waals surface area contributed by atoms with Crippen molar-refractivity contribution in [3.63, 3.8) is 0 Å². The topological polar surface area (TPSA) is 21.3 Å². The van der Waals surface area contributed by atoms with Crippen LogP contribution in [0.2, 0.25) is 10.0 Å². The highest BCUT2D eigenvalue weighted by atomic mass is 35.5. The van der Waals surface area contributed by atoms with Gasteiger partial charge in [0.25, 0.3) is 0 Å². The summed E-state index contributed by atoms with van der Waals surface area (Å²) in [4.78, 5) is 0. The Morgan fingerprint density at radius 2 is 2.10 bits per heavy atom. The van der Waals surface area contributed by atoms with Crippen LogP contribution in [0.15, 0.2) is 18.2 Å². The first-order valence-corrected chi connectivity index (χ1v) is 8.12. The number of hydrogen-bond acceptors (Lipinski definition) is 2. The number of nitrogens with one attached hydrogen (secondary N) is 1. The van der Waals surface area contributed by atoms with E-state index in [1.807, 2.05) is 12.1 Å². The fourth-order valence-corrected chi connectivity index (χ4v) is 3.17. The molecule has 1 N–H and O–H groups in total. The molecule has 0 heterocycles. The molecule has 1 aromatic carbocycles. The fraction of sp³-hybridized carbons (Fsp3) is 0.625. The van der Waals surface area contributed by atoms with Crippen LogP contribution in [-0.4, -0.2) is 18.7 Å². The van der Waals surface area contributed by atoms with Gasteiger partial charge in [-0.25, -0.2) is 0 Å². The average Bonchev–Trinajstić information content (AvgIpc) is 2.45. The molecule has 1 saturated carbocycles. The third-order valence-corrected chi connectivity index (χ3v) is 5.37. The summed E-state index contributed by atoms with van der Waals surface area (Å²) in [7, 11) is 0. The monoisotopic (exact) mass is 315 g/mol. The maximum absolute atomic E-state index is 6.20. The molecule has 2 nitrogen and oxygen atoms in total. The van der Waals surface area contributed by atoms with Crippen molar-refractivity contribution in [2.24, 2.45) is 5.41 Å². The molecule has 0 aromatic heterocycles. The normalized spacial score (nSPS) is 29.1. The molecule has 0 amide bonds. The van der Waals surface area contributed by atoms with Gasteiger partial charge in [0.2, 0.25) is 0 Å². The predicted octanol–water partition coefficient (Wildman–Crippen LogP) is 4.93. The van der Waals surface area contributed by atoms with Gasteiger partial charge in [-0.15, -0.1) is 0 Å². The molecular weight excluding hydrogens is 293 g/mol. The number of ether oxygens (including phenoxy) is 1. The number of rotatable bonds is 6. The van der Waals surface area contributed by atoms with Crippen LogP contribution in [0.4, 0.5) is 0 Å². The molecule has 1 aliphatic carbocycles. The van der Waals surface area contributed by atoms with Crippen LogP contribution in [0.1, 0.15) is 40.0 Å². The van der Waals surface area contributed by atoms with E-state index in [1.54, 1.807) is 6.07 Å². The molecule has 3 unspecified atom stereocenters. The molecule has 3 atom stereocenters. The average molecular weight is 316 g/mol. The number of hydrogen-bond donors (Lipinski definition) is 1. The zero-order chi connectivity index (χ0) is 14.8. The summed E-state index contributed by atoms with van der Waals surface area (Å²) in [6, 6.07) is 6.06. The first kappa shape index (κ1) is 15.9. The van der Waals surface area contributed by atoms with Crippen LogP contribution in [0.25, 0.3) is 0 Å². The van der Waals surface area contributed by atoms with Gasteiger partial charge in [0.05, 0.1) is 5.02 Å². The van der Waals surface area contributed by atoms with Crippen LogP contribution < -0.4 is 10.1 Å². The van der Waals surface area contributed by atoms with Gasteiger partial charge in [0.15, 0.2) is 0 Å². The zero-order valence-corrected chi connectivity index (χ0v) is 13.9. The maximum Gasteiger partial charge on any atom is 0.139 e. The second-order valence-corrected chi connectivity index (χ2v) is 6.55. The highest BCUT2D eigenvalue weighted by Crippen LogP contribution is 2.47. The van der Waals surface area contributed by atoms with Gasteiger partial charge in [-0.1, -0.05) is 50.0 Å². The van der Waals surface area contributed by atoms with E-state index in [-0.39, 0.29) is 11.5 Å². The minimum Gasteiger partial charge on any atom is -0.488 e. The standard InChI is InChI=1S/C16H23Cl2NO/c1-4-9-19-13-10-14(16(13,3)5-2)20-12-8-6-7-11(17)15(12)18/h6-8,13-14,19H,4-5,9-10H2,1-3H3. The van der Waals surface area contributed by atoms with Gasteiger partial charge in [-0.2, -0.15) is 0 Å². The van der Waals surface area contributed by atoms with Crippen molar-refractivity contribution in [2.75, 3.05) is 6.54 Å². The molecule has 0 saturated heterocycles. The summed E-state index contributed by atoms with van der Waals surface area (Å²) in [6.45, 7) is 7.75. The molecule has 20 heavy (non-hydrogen) atoms. The third-order valence-electron chi connectivity index (χ3n) is 4.57. The molecule has 0 bridgehead atoms. The molecule has 1 fully saturated rings. The Labute approximate surface area is 131 Å². The highest BCUT2D eigenvalue weighted by Gasteiger charge is 2.51. The largest absolute Gasteiger partial charge is 0.488 e. The first-order valence-electron chi connectivity index (χ1n) is 7.37. The molecule has 0 aliphatic heterocycles. The minimum atomic E-state index is 0.154. The van der Waals surface area contributed by atoms with E-state index < -0.39 is 0 Å². The third kappa shape index (κ3) is 2.93. The SMILES string of the molecule is CCCNC1CC(Oc2cccc(Cl)c2Cl)C1(C)CC. The Kier molecular flexibility index (Phi) is 5.22.